The van der Waals surface area contributed by atoms with Crippen molar-refractivity contribution in [2.45, 2.75) is 54.5 Å². The van der Waals surface area contributed by atoms with Crippen LogP contribution in [-0.4, -0.2) is 32.3 Å². The van der Waals surface area contributed by atoms with Crippen LogP contribution < -0.4 is 10.0 Å². The molecule has 0 heterocycles. The monoisotopic (exact) mass is 424 g/mol. The molecule has 6 heteroatoms. The Bertz CT molecular complexity index is 1020. The lowest BCUT2D eigenvalue weighted by molar-refractivity contribution is -0.108. The molecular formula is C24H28N2O3S. The molecule has 2 aromatic carbocycles. The van der Waals surface area contributed by atoms with Crippen LogP contribution in [0.1, 0.15) is 38.5 Å². The summed E-state index contributed by atoms with van der Waals surface area (Å²) in [5.41, 5.74) is 1.56. The quantitative estimate of drug-likeness (QED) is 0.667. The number of nitrogens with one attached hydrogen (secondary N) is 2. The summed E-state index contributed by atoms with van der Waals surface area (Å²) in [5, 5.41) is 3.45. The molecule has 4 bridgehead atoms. The summed E-state index contributed by atoms with van der Waals surface area (Å²) >= 11 is 0. The van der Waals surface area contributed by atoms with E-state index >= 15 is 0 Å². The maximum absolute atomic E-state index is 13.3. The van der Waals surface area contributed by atoms with E-state index in [1.165, 1.54) is 6.42 Å². The number of carbonyl (C=O) groups excluding carboxylic acids is 1. The van der Waals surface area contributed by atoms with Crippen molar-refractivity contribution < 1.29 is 13.2 Å². The van der Waals surface area contributed by atoms with E-state index in [1.807, 2.05) is 42.5 Å². The molecule has 2 unspecified atom stereocenters. The molecule has 2 aromatic rings. The summed E-state index contributed by atoms with van der Waals surface area (Å²) in [6, 6.07) is 17.1. The Kier molecular flexibility index (Phi) is 4.84. The number of aldehydes is 1. The van der Waals surface area contributed by atoms with Crippen molar-refractivity contribution in [3.05, 3.63) is 54.6 Å². The zero-order valence-electron chi connectivity index (χ0n) is 17.0. The van der Waals surface area contributed by atoms with Crippen LogP contribution >= 0.6 is 0 Å². The maximum Gasteiger partial charge on any atom is 0.241 e. The molecule has 4 saturated carbocycles. The Labute approximate surface area is 178 Å². The van der Waals surface area contributed by atoms with Crippen molar-refractivity contribution in [3.63, 3.8) is 0 Å². The summed E-state index contributed by atoms with van der Waals surface area (Å²) < 4.78 is 29.7. The summed E-state index contributed by atoms with van der Waals surface area (Å²) in [6.45, 7) is 0.337. The molecule has 4 aliphatic rings. The normalized spacial score (nSPS) is 32.3. The number of carbonyl (C=O) groups is 1. The number of sulfonamides is 1. The van der Waals surface area contributed by atoms with E-state index < -0.39 is 15.6 Å². The second-order valence-corrected chi connectivity index (χ2v) is 11.2. The number of hydrogen-bond donors (Lipinski definition) is 2. The average molecular weight is 425 g/mol. The van der Waals surface area contributed by atoms with Crippen LogP contribution in [0.3, 0.4) is 0 Å². The van der Waals surface area contributed by atoms with Crippen LogP contribution in [0.5, 0.6) is 0 Å². The lowest BCUT2D eigenvalue weighted by atomic mass is 9.50. The largest absolute Gasteiger partial charge is 0.305 e. The van der Waals surface area contributed by atoms with E-state index in [4.69, 9.17) is 0 Å². The van der Waals surface area contributed by atoms with Crippen molar-refractivity contribution >= 4 is 16.3 Å². The second kappa shape index (κ2) is 7.29. The Hall–Kier alpha value is -2.02. The SMILES string of the molecule is O=CCNC12CC3CC(C1)CC(NS(=O)(=O)c1ccc(-c4ccccc4)cc1)(C3)C2. The fourth-order valence-electron chi connectivity index (χ4n) is 6.65. The highest BCUT2D eigenvalue weighted by atomic mass is 32.2. The molecule has 2 N–H and O–H groups in total. The Morgan fingerprint density at radius 1 is 0.867 bits per heavy atom. The molecule has 30 heavy (non-hydrogen) atoms. The molecule has 158 valence electrons. The van der Waals surface area contributed by atoms with Gasteiger partial charge < -0.3 is 10.1 Å². The van der Waals surface area contributed by atoms with E-state index in [-0.39, 0.29) is 5.54 Å². The summed E-state index contributed by atoms with van der Waals surface area (Å²) in [4.78, 5) is 11.3. The lowest BCUT2D eigenvalue weighted by Crippen LogP contribution is -2.69. The molecule has 0 spiro atoms. The van der Waals surface area contributed by atoms with Gasteiger partial charge in [0.1, 0.15) is 6.29 Å². The van der Waals surface area contributed by atoms with E-state index in [0.717, 1.165) is 49.5 Å². The van der Waals surface area contributed by atoms with Gasteiger partial charge in [0.05, 0.1) is 11.4 Å². The highest BCUT2D eigenvalue weighted by Crippen LogP contribution is 2.57. The van der Waals surface area contributed by atoms with Gasteiger partial charge in [-0.15, -0.1) is 0 Å². The third kappa shape index (κ3) is 3.61. The third-order valence-electron chi connectivity index (χ3n) is 7.24. The van der Waals surface area contributed by atoms with Gasteiger partial charge >= 0.3 is 0 Å². The zero-order chi connectivity index (χ0) is 20.8. The molecule has 4 aliphatic carbocycles. The van der Waals surface area contributed by atoms with E-state index in [0.29, 0.717) is 23.3 Å². The van der Waals surface area contributed by atoms with Gasteiger partial charge in [-0.25, -0.2) is 13.1 Å². The Morgan fingerprint density at radius 2 is 1.47 bits per heavy atom. The zero-order valence-corrected chi connectivity index (χ0v) is 17.8. The first-order valence-corrected chi connectivity index (χ1v) is 12.3. The van der Waals surface area contributed by atoms with Crippen molar-refractivity contribution in [3.8, 4) is 11.1 Å². The van der Waals surface area contributed by atoms with Crippen molar-refractivity contribution in [1.29, 1.82) is 0 Å². The minimum absolute atomic E-state index is 0.106. The van der Waals surface area contributed by atoms with Gasteiger partial charge in [0.15, 0.2) is 0 Å². The van der Waals surface area contributed by atoms with E-state index in [2.05, 4.69) is 10.0 Å². The first kappa shape index (κ1) is 19.9. The van der Waals surface area contributed by atoms with Gasteiger partial charge in [0, 0.05) is 11.1 Å². The van der Waals surface area contributed by atoms with Crippen LogP contribution in [0, 0.1) is 11.8 Å². The van der Waals surface area contributed by atoms with Crippen molar-refractivity contribution in [1.82, 2.24) is 10.0 Å². The molecule has 0 aliphatic heterocycles. The standard InChI is InChI=1S/C24H28N2O3S/c27-11-10-25-23-13-18-12-19(14-23)16-24(15-18,17-23)26-30(28,29)22-8-6-21(7-9-22)20-4-2-1-3-5-20/h1-9,11,18-19,25-26H,10,12-17H2. The molecule has 4 fully saturated rings. The molecular weight excluding hydrogens is 396 g/mol. The Morgan fingerprint density at radius 3 is 2.10 bits per heavy atom. The maximum atomic E-state index is 13.3. The summed E-state index contributed by atoms with van der Waals surface area (Å²) in [7, 11) is -3.62. The first-order chi connectivity index (χ1) is 14.4. The van der Waals surface area contributed by atoms with Crippen LogP contribution in [0.2, 0.25) is 0 Å². The predicted octanol–water partition coefficient (Wildman–Crippen LogP) is 3.51. The first-order valence-electron chi connectivity index (χ1n) is 10.8. The number of rotatable bonds is 7. The Balaban J connectivity index is 1.39. The van der Waals surface area contributed by atoms with E-state index in [1.54, 1.807) is 12.1 Å². The van der Waals surface area contributed by atoms with E-state index in [9.17, 15) is 13.2 Å². The molecule has 0 aromatic heterocycles. The number of hydrogen-bond acceptors (Lipinski definition) is 4. The van der Waals surface area contributed by atoms with Gasteiger partial charge in [-0.3, -0.25) is 0 Å². The average Bonchev–Trinajstić information content (AvgIpc) is 2.71. The second-order valence-electron chi connectivity index (χ2n) is 9.57. The molecule has 0 saturated heterocycles. The van der Waals surface area contributed by atoms with Gasteiger partial charge in [-0.1, -0.05) is 42.5 Å². The van der Waals surface area contributed by atoms with Gasteiger partial charge in [-0.2, -0.15) is 0 Å². The predicted molar refractivity (Wildman–Crippen MR) is 116 cm³/mol. The fourth-order valence-corrected chi connectivity index (χ4v) is 8.07. The van der Waals surface area contributed by atoms with Gasteiger partial charge in [-0.05, 0) is 73.6 Å². The molecule has 5 nitrogen and oxygen atoms in total. The summed E-state index contributed by atoms with van der Waals surface area (Å²) in [6.07, 6.45) is 6.75. The molecule has 0 amide bonds. The van der Waals surface area contributed by atoms with Gasteiger partial charge in [0.25, 0.3) is 0 Å². The topological polar surface area (TPSA) is 75.3 Å². The number of benzene rings is 2. The lowest BCUT2D eigenvalue weighted by Gasteiger charge is -2.62. The molecule has 6 rings (SSSR count). The minimum Gasteiger partial charge on any atom is -0.305 e. The summed E-state index contributed by atoms with van der Waals surface area (Å²) in [5.74, 6) is 1.04. The van der Waals surface area contributed by atoms with Crippen LogP contribution in [-0.2, 0) is 14.8 Å². The minimum atomic E-state index is -3.62. The third-order valence-corrected chi connectivity index (χ3v) is 8.84. The highest BCUT2D eigenvalue weighted by molar-refractivity contribution is 7.89. The van der Waals surface area contributed by atoms with Crippen LogP contribution in [0.15, 0.2) is 59.5 Å². The van der Waals surface area contributed by atoms with Crippen LogP contribution in [0.4, 0.5) is 0 Å². The van der Waals surface area contributed by atoms with Gasteiger partial charge in [0.2, 0.25) is 10.0 Å². The molecule has 2 atom stereocenters. The van der Waals surface area contributed by atoms with Crippen molar-refractivity contribution in [2.75, 3.05) is 6.54 Å². The smallest absolute Gasteiger partial charge is 0.241 e. The highest BCUT2D eigenvalue weighted by Gasteiger charge is 2.58. The van der Waals surface area contributed by atoms with Crippen molar-refractivity contribution in [2.24, 2.45) is 11.8 Å². The molecule has 0 radical (unpaired) electrons. The van der Waals surface area contributed by atoms with Crippen LogP contribution in [0.25, 0.3) is 11.1 Å². The fraction of sp³-hybridized carbons (Fsp3) is 0.458.